The number of hydrogen-bond donors (Lipinski definition) is 2. The molecule has 0 radical (unpaired) electrons. The molecule has 1 aromatic heterocycles. The highest BCUT2D eigenvalue weighted by atomic mass is 32.2. The van der Waals surface area contributed by atoms with Crippen molar-refractivity contribution in [1.29, 1.82) is 0 Å². The predicted molar refractivity (Wildman–Crippen MR) is 99.9 cm³/mol. The van der Waals surface area contributed by atoms with E-state index in [9.17, 15) is 9.59 Å². The number of aromatic nitrogens is 2. The second-order valence-electron chi connectivity index (χ2n) is 4.62. The number of thioether (sulfide) groups is 2. The molecule has 0 spiro atoms. The number of amides is 1. The maximum absolute atomic E-state index is 12.0. The van der Waals surface area contributed by atoms with Gasteiger partial charge in [0.15, 0.2) is 8.68 Å². The molecule has 0 aliphatic carbocycles. The zero-order valence-electron chi connectivity index (χ0n) is 13.4. The number of benzene rings is 1. The number of rotatable bonds is 10. The first-order valence-electron chi connectivity index (χ1n) is 7.40. The molecule has 1 aromatic carbocycles. The Kier molecular flexibility index (Phi) is 8.02. The van der Waals surface area contributed by atoms with Gasteiger partial charge >= 0.3 is 5.97 Å². The molecular formula is C15H17N3O4S3. The van der Waals surface area contributed by atoms with Gasteiger partial charge in [-0.05, 0) is 31.2 Å². The number of carbonyl (C=O) groups excluding carboxylic acids is 1. The summed E-state index contributed by atoms with van der Waals surface area (Å²) in [6.45, 7) is 2.51. The van der Waals surface area contributed by atoms with E-state index in [-0.39, 0.29) is 18.1 Å². The monoisotopic (exact) mass is 399 g/mol. The second kappa shape index (κ2) is 10.3. The fourth-order valence-electron chi connectivity index (χ4n) is 1.66. The molecule has 2 N–H and O–H groups in total. The number of nitrogens with zero attached hydrogens (tertiary/aromatic N) is 2. The molecule has 10 heteroatoms. The molecule has 0 atom stereocenters. The number of aliphatic carboxylic acids is 1. The summed E-state index contributed by atoms with van der Waals surface area (Å²) < 4.78 is 6.73. The van der Waals surface area contributed by atoms with Crippen LogP contribution in [0.2, 0.25) is 0 Å². The van der Waals surface area contributed by atoms with E-state index < -0.39 is 5.97 Å². The number of anilines is 1. The van der Waals surface area contributed by atoms with Crippen LogP contribution in [0.25, 0.3) is 0 Å². The van der Waals surface area contributed by atoms with E-state index in [0.29, 0.717) is 26.7 Å². The number of nitrogens with one attached hydrogen (secondary N) is 1. The first kappa shape index (κ1) is 19.5. The lowest BCUT2D eigenvalue weighted by Gasteiger charge is -2.06. The highest BCUT2D eigenvalue weighted by Gasteiger charge is 2.09. The molecule has 0 saturated carbocycles. The average Bonchev–Trinajstić information content (AvgIpc) is 3.03. The lowest BCUT2D eigenvalue weighted by Crippen LogP contribution is -2.13. The van der Waals surface area contributed by atoms with Crippen molar-refractivity contribution in [2.75, 3.05) is 23.4 Å². The Labute approximate surface area is 157 Å². The Bertz CT molecular complexity index is 706. The van der Waals surface area contributed by atoms with Gasteiger partial charge in [0, 0.05) is 11.4 Å². The second-order valence-corrected chi connectivity index (χ2v) is 8.16. The summed E-state index contributed by atoms with van der Waals surface area (Å²) in [7, 11) is 0. The summed E-state index contributed by atoms with van der Waals surface area (Å²) in [6, 6.07) is 7.18. The van der Waals surface area contributed by atoms with Crippen LogP contribution in [0.3, 0.4) is 0 Å². The molecule has 25 heavy (non-hydrogen) atoms. The highest BCUT2D eigenvalue weighted by molar-refractivity contribution is 8.03. The largest absolute Gasteiger partial charge is 0.494 e. The summed E-state index contributed by atoms with van der Waals surface area (Å²) in [5.41, 5.74) is 0.705. The van der Waals surface area contributed by atoms with Gasteiger partial charge in [0.1, 0.15) is 5.75 Å². The minimum Gasteiger partial charge on any atom is -0.494 e. The van der Waals surface area contributed by atoms with Crippen molar-refractivity contribution in [1.82, 2.24) is 10.2 Å². The van der Waals surface area contributed by atoms with Crippen LogP contribution in [0.5, 0.6) is 5.75 Å². The standard InChI is InChI=1S/C15H17N3O4S3/c1-2-22-11-5-3-10(4-6-11)16-12(19)9-24-15-18-17-14(25-15)23-8-7-13(20)21/h3-6H,2,7-9H2,1H3,(H,16,19)(H,20,21). The molecule has 2 aromatic rings. The molecule has 2 rings (SSSR count). The molecule has 0 bridgehead atoms. The van der Waals surface area contributed by atoms with Gasteiger partial charge < -0.3 is 15.2 Å². The van der Waals surface area contributed by atoms with E-state index in [2.05, 4.69) is 15.5 Å². The smallest absolute Gasteiger partial charge is 0.304 e. The predicted octanol–water partition coefficient (Wildman–Crippen LogP) is 3.23. The van der Waals surface area contributed by atoms with Crippen LogP contribution in [0.4, 0.5) is 5.69 Å². The Balaban J connectivity index is 1.74. The SMILES string of the molecule is CCOc1ccc(NC(=O)CSc2nnc(SCCC(=O)O)s2)cc1. The number of ether oxygens (including phenoxy) is 1. The third kappa shape index (κ3) is 7.32. The van der Waals surface area contributed by atoms with Crippen molar-refractivity contribution in [3.05, 3.63) is 24.3 Å². The maximum Gasteiger partial charge on any atom is 0.304 e. The van der Waals surface area contributed by atoms with Gasteiger partial charge in [-0.1, -0.05) is 34.9 Å². The van der Waals surface area contributed by atoms with Crippen molar-refractivity contribution in [2.24, 2.45) is 0 Å². The van der Waals surface area contributed by atoms with Gasteiger partial charge in [0.25, 0.3) is 0 Å². The third-order valence-electron chi connectivity index (χ3n) is 2.71. The van der Waals surface area contributed by atoms with Gasteiger partial charge in [-0.15, -0.1) is 10.2 Å². The van der Waals surface area contributed by atoms with Crippen molar-refractivity contribution in [3.8, 4) is 5.75 Å². The summed E-state index contributed by atoms with van der Waals surface area (Å²) >= 11 is 4.00. The lowest BCUT2D eigenvalue weighted by atomic mass is 10.3. The topological polar surface area (TPSA) is 101 Å². The fourth-order valence-corrected chi connectivity index (χ4v) is 4.48. The van der Waals surface area contributed by atoms with Gasteiger partial charge in [-0.2, -0.15) is 0 Å². The van der Waals surface area contributed by atoms with Crippen LogP contribution in [-0.4, -0.2) is 45.3 Å². The maximum atomic E-state index is 12.0. The Morgan fingerprint density at radius 1 is 1.20 bits per heavy atom. The van der Waals surface area contributed by atoms with E-state index in [1.807, 2.05) is 6.92 Å². The lowest BCUT2D eigenvalue weighted by molar-refractivity contribution is -0.136. The summed E-state index contributed by atoms with van der Waals surface area (Å²) in [4.78, 5) is 22.4. The quantitative estimate of drug-likeness (QED) is 0.587. The van der Waals surface area contributed by atoms with E-state index in [1.54, 1.807) is 24.3 Å². The normalized spacial score (nSPS) is 10.4. The number of carbonyl (C=O) groups is 2. The first-order valence-corrected chi connectivity index (χ1v) is 10.2. The Morgan fingerprint density at radius 2 is 1.88 bits per heavy atom. The molecule has 1 heterocycles. The Morgan fingerprint density at radius 3 is 2.52 bits per heavy atom. The van der Waals surface area contributed by atoms with Crippen LogP contribution in [-0.2, 0) is 9.59 Å². The van der Waals surface area contributed by atoms with Crippen LogP contribution in [0, 0.1) is 0 Å². The van der Waals surface area contributed by atoms with E-state index in [1.165, 1.54) is 34.9 Å². The van der Waals surface area contributed by atoms with Gasteiger partial charge in [-0.3, -0.25) is 9.59 Å². The minimum absolute atomic E-state index is 0.0806. The molecule has 1 amide bonds. The van der Waals surface area contributed by atoms with E-state index in [0.717, 1.165) is 5.75 Å². The van der Waals surface area contributed by atoms with Crippen molar-refractivity contribution in [2.45, 2.75) is 22.0 Å². The first-order chi connectivity index (χ1) is 12.1. The van der Waals surface area contributed by atoms with Gasteiger partial charge in [-0.25, -0.2) is 0 Å². The van der Waals surface area contributed by atoms with Crippen molar-refractivity contribution in [3.63, 3.8) is 0 Å². The van der Waals surface area contributed by atoms with Crippen LogP contribution in [0.1, 0.15) is 13.3 Å². The van der Waals surface area contributed by atoms with Crippen molar-refractivity contribution >= 4 is 52.4 Å². The van der Waals surface area contributed by atoms with E-state index in [4.69, 9.17) is 9.84 Å². The van der Waals surface area contributed by atoms with Crippen LogP contribution < -0.4 is 10.1 Å². The molecule has 7 nitrogen and oxygen atoms in total. The molecule has 0 fully saturated rings. The molecular weight excluding hydrogens is 382 g/mol. The van der Waals surface area contributed by atoms with Gasteiger partial charge in [0.2, 0.25) is 5.91 Å². The average molecular weight is 400 g/mol. The number of carboxylic acid groups (broad SMARTS) is 1. The summed E-state index contributed by atoms with van der Waals surface area (Å²) in [5, 5.41) is 19.4. The summed E-state index contributed by atoms with van der Waals surface area (Å²) in [5.74, 6) is 0.466. The zero-order valence-corrected chi connectivity index (χ0v) is 15.9. The van der Waals surface area contributed by atoms with Crippen molar-refractivity contribution < 1.29 is 19.4 Å². The minimum atomic E-state index is -0.836. The zero-order chi connectivity index (χ0) is 18.1. The highest BCUT2D eigenvalue weighted by Crippen LogP contribution is 2.29. The summed E-state index contributed by atoms with van der Waals surface area (Å²) in [6.07, 6.45) is 0.0806. The molecule has 0 aliphatic heterocycles. The molecule has 0 saturated heterocycles. The van der Waals surface area contributed by atoms with E-state index >= 15 is 0 Å². The number of carboxylic acids is 1. The molecule has 134 valence electrons. The Hall–Kier alpha value is -1.78. The molecule has 0 aliphatic rings. The fraction of sp³-hybridized carbons (Fsp3) is 0.333. The van der Waals surface area contributed by atoms with Gasteiger partial charge in [0.05, 0.1) is 18.8 Å². The van der Waals surface area contributed by atoms with Crippen LogP contribution >= 0.6 is 34.9 Å². The van der Waals surface area contributed by atoms with Crippen LogP contribution in [0.15, 0.2) is 32.9 Å². The molecule has 0 unspecified atom stereocenters. The number of hydrogen-bond acceptors (Lipinski definition) is 8. The third-order valence-corrected chi connectivity index (χ3v) is 5.90.